The molecule has 0 radical (unpaired) electrons. The number of thioether (sulfide) groups is 1. The number of esters is 1. The predicted molar refractivity (Wildman–Crippen MR) is 106 cm³/mol. The van der Waals surface area contributed by atoms with Crippen LogP contribution in [-0.2, 0) is 9.53 Å². The number of anilines is 1. The first-order valence-corrected chi connectivity index (χ1v) is 10.1. The van der Waals surface area contributed by atoms with Gasteiger partial charge < -0.3 is 9.64 Å². The van der Waals surface area contributed by atoms with Crippen molar-refractivity contribution in [2.24, 2.45) is 10.2 Å². The van der Waals surface area contributed by atoms with Crippen LogP contribution in [-0.4, -0.2) is 41.3 Å². The number of hydrogen-bond donors (Lipinski definition) is 0. The highest BCUT2D eigenvalue weighted by atomic mass is 32.2. The van der Waals surface area contributed by atoms with E-state index in [4.69, 9.17) is 5.26 Å². The van der Waals surface area contributed by atoms with Crippen molar-refractivity contribution in [3.8, 4) is 6.07 Å². The van der Waals surface area contributed by atoms with Gasteiger partial charge in [-0.3, -0.25) is 4.79 Å². The van der Waals surface area contributed by atoms with Gasteiger partial charge in [0.05, 0.1) is 31.7 Å². The molecule has 0 aliphatic carbocycles. The number of carbonyl (C=O) groups excluding carboxylic acids is 1. The van der Waals surface area contributed by atoms with Gasteiger partial charge in [-0.15, -0.1) is 10.2 Å². The zero-order chi connectivity index (χ0) is 19.5. The van der Waals surface area contributed by atoms with E-state index in [1.54, 1.807) is 0 Å². The predicted octanol–water partition coefficient (Wildman–Crippen LogP) is 4.35. The molecule has 0 saturated heterocycles. The molecular formula is C17H20N6O2S2. The van der Waals surface area contributed by atoms with E-state index in [0.29, 0.717) is 41.1 Å². The molecule has 1 heterocycles. The Kier molecular flexibility index (Phi) is 8.67. The number of aromatic nitrogens is 2. The summed E-state index contributed by atoms with van der Waals surface area (Å²) >= 11 is 2.53. The minimum Gasteiger partial charge on any atom is -0.469 e. The highest BCUT2D eigenvalue weighted by Crippen LogP contribution is 2.26. The van der Waals surface area contributed by atoms with Crippen molar-refractivity contribution < 1.29 is 9.53 Å². The third-order valence-corrected chi connectivity index (χ3v) is 5.07. The van der Waals surface area contributed by atoms with Gasteiger partial charge in [-0.1, -0.05) is 11.8 Å². The minimum atomic E-state index is -0.254. The van der Waals surface area contributed by atoms with Crippen molar-refractivity contribution in [2.75, 3.05) is 30.9 Å². The van der Waals surface area contributed by atoms with Crippen molar-refractivity contribution in [2.45, 2.75) is 24.9 Å². The highest BCUT2D eigenvalue weighted by Gasteiger charge is 2.07. The Morgan fingerprint density at radius 1 is 1.37 bits per heavy atom. The van der Waals surface area contributed by atoms with Gasteiger partial charge in [0.2, 0.25) is 10.3 Å². The number of nitrogens with zero attached hydrogens (tertiary/aromatic N) is 6. The first kappa shape index (κ1) is 20.8. The second-order valence-corrected chi connectivity index (χ2v) is 7.03. The van der Waals surface area contributed by atoms with Crippen LogP contribution in [0.2, 0.25) is 0 Å². The molecule has 0 unspecified atom stereocenters. The summed E-state index contributed by atoms with van der Waals surface area (Å²) in [6.07, 6.45) is 0.805. The van der Waals surface area contributed by atoms with Gasteiger partial charge in [0.15, 0.2) is 0 Å². The normalized spacial score (nSPS) is 10.7. The molecular weight excluding hydrogens is 384 g/mol. The third kappa shape index (κ3) is 6.96. The molecule has 10 heteroatoms. The molecule has 142 valence electrons. The van der Waals surface area contributed by atoms with Crippen LogP contribution in [0, 0.1) is 11.3 Å². The number of benzene rings is 1. The lowest BCUT2D eigenvalue weighted by Gasteiger charge is -2.21. The topological polar surface area (TPSA) is 104 Å². The van der Waals surface area contributed by atoms with Crippen LogP contribution in [0.25, 0.3) is 0 Å². The smallest absolute Gasteiger partial charge is 0.306 e. The zero-order valence-electron chi connectivity index (χ0n) is 15.2. The number of ether oxygens (including phenoxy) is 1. The number of carbonyl (C=O) groups is 1. The average molecular weight is 405 g/mol. The maximum absolute atomic E-state index is 11.1. The first-order valence-electron chi connectivity index (χ1n) is 8.33. The van der Waals surface area contributed by atoms with E-state index in [9.17, 15) is 4.79 Å². The van der Waals surface area contributed by atoms with Crippen LogP contribution in [0.4, 0.5) is 16.5 Å². The average Bonchev–Trinajstić information content (AvgIpc) is 3.15. The molecule has 0 fully saturated rings. The van der Waals surface area contributed by atoms with Gasteiger partial charge in [0.25, 0.3) is 0 Å². The molecule has 0 saturated carbocycles. The van der Waals surface area contributed by atoms with Gasteiger partial charge in [0, 0.05) is 36.1 Å². The van der Waals surface area contributed by atoms with Crippen molar-refractivity contribution >= 4 is 45.8 Å². The summed E-state index contributed by atoms with van der Waals surface area (Å²) in [6.45, 7) is 3.60. The van der Waals surface area contributed by atoms with Gasteiger partial charge in [-0.2, -0.15) is 14.6 Å². The van der Waals surface area contributed by atoms with E-state index in [1.807, 2.05) is 24.3 Å². The standard InChI is InChI=1S/C17H20N6O2S2/c1-3-23(11-4-10-18)14-7-5-13(6-8-14)20-21-16-19-17(22-27-16)26-12-9-15(24)25-2/h5-8H,3-4,9,11-12H2,1-2H3. The van der Waals surface area contributed by atoms with E-state index < -0.39 is 0 Å². The Bertz CT molecular complexity index is 801. The van der Waals surface area contributed by atoms with Crippen LogP contribution in [0.15, 0.2) is 39.7 Å². The number of methoxy groups -OCH3 is 1. The molecule has 1 aromatic carbocycles. The maximum atomic E-state index is 11.1. The molecule has 8 nitrogen and oxygen atoms in total. The Hall–Kier alpha value is -2.51. The van der Waals surface area contributed by atoms with Crippen molar-refractivity contribution in [3.63, 3.8) is 0 Å². The lowest BCUT2D eigenvalue weighted by molar-refractivity contribution is -0.140. The molecule has 0 amide bonds. The van der Waals surface area contributed by atoms with Crippen LogP contribution in [0.1, 0.15) is 19.8 Å². The molecule has 1 aromatic heterocycles. The lowest BCUT2D eigenvalue weighted by atomic mass is 10.2. The molecule has 27 heavy (non-hydrogen) atoms. The van der Waals surface area contributed by atoms with E-state index in [0.717, 1.165) is 23.8 Å². The first-order chi connectivity index (χ1) is 13.2. The van der Waals surface area contributed by atoms with E-state index >= 15 is 0 Å². The molecule has 0 bridgehead atoms. The summed E-state index contributed by atoms with van der Waals surface area (Å²) in [5.41, 5.74) is 1.76. The second-order valence-electron chi connectivity index (χ2n) is 5.24. The molecule has 0 spiro atoms. The molecule has 2 aromatic rings. The van der Waals surface area contributed by atoms with E-state index in [1.165, 1.54) is 18.9 Å². The van der Waals surface area contributed by atoms with Gasteiger partial charge in [-0.25, -0.2) is 0 Å². The molecule has 0 aliphatic heterocycles. The van der Waals surface area contributed by atoms with E-state index in [2.05, 4.69) is 42.2 Å². The fourth-order valence-corrected chi connectivity index (χ4v) is 3.50. The number of hydrogen-bond acceptors (Lipinski definition) is 10. The summed E-state index contributed by atoms with van der Waals surface area (Å²) in [6, 6.07) is 9.84. The molecule has 0 aliphatic rings. The van der Waals surface area contributed by atoms with Crippen LogP contribution in [0.5, 0.6) is 0 Å². The quantitative estimate of drug-likeness (QED) is 0.329. The lowest BCUT2D eigenvalue weighted by Crippen LogP contribution is -2.23. The third-order valence-electron chi connectivity index (χ3n) is 3.50. The van der Waals surface area contributed by atoms with Crippen LogP contribution >= 0.6 is 23.3 Å². The van der Waals surface area contributed by atoms with Gasteiger partial charge in [0.1, 0.15) is 0 Å². The zero-order valence-corrected chi connectivity index (χ0v) is 16.8. The fourth-order valence-electron chi connectivity index (χ4n) is 2.11. The summed E-state index contributed by atoms with van der Waals surface area (Å²) in [4.78, 5) is 17.5. The highest BCUT2D eigenvalue weighted by molar-refractivity contribution is 7.99. The summed E-state index contributed by atoms with van der Waals surface area (Å²) < 4.78 is 8.77. The Balaban J connectivity index is 1.90. The van der Waals surface area contributed by atoms with Crippen LogP contribution in [0.3, 0.4) is 0 Å². The maximum Gasteiger partial charge on any atom is 0.306 e. The molecule has 0 N–H and O–H groups in total. The Morgan fingerprint density at radius 3 is 2.81 bits per heavy atom. The number of azo groups is 1. The number of rotatable bonds is 10. The Morgan fingerprint density at radius 2 is 2.15 bits per heavy atom. The summed E-state index contributed by atoms with van der Waals surface area (Å²) in [7, 11) is 1.37. The largest absolute Gasteiger partial charge is 0.469 e. The number of nitriles is 1. The summed E-state index contributed by atoms with van der Waals surface area (Å²) in [5, 5.41) is 18.1. The summed E-state index contributed by atoms with van der Waals surface area (Å²) in [5.74, 6) is 0.302. The van der Waals surface area contributed by atoms with E-state index in [-0.39, 0.29) is 5.97 Å². The fraction of sp³-hybridized carbons (Fsp3) is 0.412. The second kappa shape index (κ2) is 11.3. The van der Waals surface area contributed by atoms with Crippen LogP contribution < -0.4 is 4.90 Å². The van der Waals surface area contributed by atoms with Crippen molar-refractivity contribution in [1.82, 2.24) is 9.36 Å². The Labute approximate surface area is 166 Å². The SMILES string of the molecule is CCN(CCC#N)c1ccc(N=Nc2nc(SCCC(=O)OC)ns2)cc1. The molecule has 0 atom stereocenters. The minimum absolute atomic E-state index is 0.254. The van der Waals surface area contributed by atoms with Gasteiger partial charge in [-0.05, 0) is 31.2 Å². The molecule has 2 rings (SSSR count). The van der Waals surface area contributed by atoms with Gasteiger partial charge >= 0.3 is 5.97 Å². The monoisotopic (exact) mass is 404 g/mol. The van der Waals surface area contributed by atoms with Crippen molar-refractivity contribution in [3.05, 3.63) is 24.3 Å². The van der Waals surface area contributed by atoms with Crippen molar-refractivity contribution in [1.29, 1.82) is 5.26 Å².